The molecule has 2 N–H and O–H groups in total. The van der Waals surface area contributed by atoms with Gasteiger partial charge in [0.25, 0.3) is 0 Å². The number of hydrogen-bond donors (Lipinski definition) is 1. The Bertz CT molecular complexity index is 500. The predicted molar refractivity (Wildman–Crippen MR) is 100 cm³/mol. The van der Waals surface area contributed by atoms with Crippen LogP contribution in [0.3, 0.4) is 0 Å². The van der Waals surface area contributed by atoms with E-state index in [1.54, 1.807) is 12.1 Å². The first-order valence-corrected chi connectivity index (χ1v) is 9.30. The number of nitrogen functional groups attached to an aromatic ring is 1. The fourth-order valence-corrected chi connectivity index (χ4v) is 2.52. The zero-order chi connectivity index (χ0) is 17.8. The van der Waals surface area contributed by atoms with Gasteiger partial charge in [-0.15, -0.1) is 0 Å². The number of ketones is 1. The Balaban J connectivity index is 2.67. The SMILES string of the molecule is CCCCCCOc1cc(OCCCCCC)c(C(C)=O)cc1N. The third-order valence-electron chi connectivity index (χ3n) is 4.00. The number of carbonyl (C=O) groups excluding carboxylic acids is 1. The Morgan fingerprint density at radius 3 is 1.92 bits per heavy atom. The largest absolute Gasteiger partial charge is 0.493 e. The van der Waals surface area contributed by atoms with Gasteiger partial charge in [-0.25, -0.2) is 0 Å². The normalized spacial score (nSPS) is 10.6. The molecule has 0 bridgehead atoms. The maximum atomic E-state index is 11.8. The molecule has 0 saturated heterocycles. The summed E-state index contributed by atoms with van der Waals surface area (Å²) in [5.74, 6) is 1.15. The van der Waals surface area contributed by atoms with Crippen molar-refractivity contribution in [2.75, 3.05) is 18.9 Å². The molecule has 1 aromatic rings. The van der Waals surface area contributed by atoms with Crippen molar-refractivity contribution in [3.8, 4) is 11.5 Å². The third-order valence-corrected chi connectivity index (χ3v) is 4.00. The van der Waals surface area contributed by atoms with Crippen LogP contribution in [0.2, 0.25) is 0 Å². The highest BCUT2D eigenvalue weighted by atomic mass is 16.5. The number of nitrogens with two attached hydrogens (primary N) is 1. The van der Waals surface area contributed by atoms with Crippen LogP contribution in [0.4, 0.5) is 5.69 Å². The fraction of sp³-hybridized carbons (Fsp3) is 0.650. The van der Waals surface area contributed by atoms with E-state index in [2.05, 4.69) is 13.8 Å². The van der Waals surface area contributed by atoms with Crippen LogP contribution in [0.1, 0.15) is 82.5 Å². The van der Waals surface area contributed by atoms with E-state index in [4.69, 9.17) is 15.2 Å². The van der Waals surface area contributed by atoms with Crippen LogP contribution in [-0.2, 0) is 0 Å². The molecule has 0 radical (unpaired) electrons. The molecular formula is C20H33NO3. The Kier molecular flexibility index (Phi) is 9.97. The highest BCUT2D eigenvalue weighted by molar-refractivity contribution is 5.98. The summed E-state index contributed by atoms with van der Waals surface area (Å²) in [6, 6.07) is 3.44. The van der Waals surface area contributed by atoms with E-state index < -0.39 is 0 Å². The Morgan fingerprint density at radius 2 is 1.42 bits per heavy atom. The van der Waals surface area contributed by atoms with E-state index in [0.717, 1.165) is 25.7 Å². The van der Waals surface area contributed by atoms with Crippen LogP contribution in [-0.4, -0.2) is 19.0 Å². The van der Waals surface area contributed by atoms with Gasteiger partial charge >= 0.3 is 0 Å². The second kappa shape index (κ2) is 11.8. The number of carbonyl (C=O) groups is 1. The lowest BCUT2D eigenvalue weighted by molar-refractivity contribution is 0.101. The first-order valence-electron chi connectivity index (χ1n) is 9.30. The second-order valence-corrected chi connectivity index (χ2v) is 6.26. The van der Waals surface area contributed by atoms with Crippen molar-refractivity contribution >= 4 is 11.5 Å². The monoisotopic (exact) mass is 335 g/mol. The summed E-state index contributed by atoms with van der Waals surface area (Å²) >= 11 is 0. The Hall–Kier alpha value is -1.71. The lowest BCUT2D eigenvalue weighted by atomic mass is 10.1. The van der Waals surface area contributed by atoms with Gasteiger partial charge in [0.1, 0.15) is 11.5 Å². The van der Waals surface area contributed by atoms with Gasteiger partial charge < -0.3 is 15.2 Å². The van der Waals surface area contributed by atoms with Crippen LogP contribution >= 0.6 is 0 Å². The smallest absolute Gasteiger partial charge is 0.163 e. The zero-order valence-electron chi connectivity index (χ0n) is 15.5. The molecule has 0 atom stereocenters. The molecule has 0 amide bonds. The molecule has 0 aliphatic heterocycles. The lowest BCUT2D eigenvalue weighted by Crippen LogP contribution is -2.07. The molecule has 0 aromatic heterocycles. The molecule has 0 fully saturated rings. The number of rotatable bonds is 13. The average Bonchev–Trinajstić information content (AvgIpc) is 2.56. The quantitative estimate of drug-likeness (QED) is 0.298. The molecule has 1 rings (SSSR count). The summed E-state index contributed by atoms with van der Waals surface area (Å²) in [7, 11) is 0. The minimum Gasteiger partial charge on any atom is -0.493 e. The molecule has 136 valence electrons. The van der Waals surface area contributed by atoms with Gasteiger partial charge in [0.05, 0.1) is 24.5 Å². The van der Waals surface area contributed by atoms with Crippen molar-refractivity contribution in [1.29, 1.82) is 0 Å². The maximum Gasteiger partial charge on any atom is 0.163 e. The number of unbranched alkanes of at least 4 members (excludes halogenated alkanes) is 6. The summed E-state index contributed by atoms with van der Waals surface area (Å²) < 4.78 is 11.6. The van der Waals surface area contributed by atoms with Crippen molar-refractivity contribution in [1.82, 2.24) is 0 Å². The lowest BCUT2D eigenvalue weighted by Gasteiger charge is -2.15. The third kappa shape index (κ3) is 7.24. The van der Waals surface area contributed by atoms with Gasteiger partial charge in [-0.2, -0.15) is 0 Å². The summed E-state index contributed by atoms with van der Waals surface area (Å²) in [5.41, 5.74) is 7.05. The average molecular weight is 335 g/mol. The number of ether oxygens (including phenoxy) is 2. The molecule has 4 heteroatoms. The summed E-state index contributed by atoms with van der Waals surface area (Å²) in [6.45, 7) is 7.14. The van der Waals surface area contributed by atoms with Gasteiger partial charge in [-0.3, -0.25) is 4.79 Å². The Morgan fingerprint density at radius 1 is 0.875 bits per heavy atom. The van der Waals surface area contributed by atoms with Crippen LogP contribution in [0.15, 0.2) is 12.1 Å². The van der Waals surface area contributed by atoms with E-state index in [1.807, 2.05) is 0 Å². The highest BCUT2D eigenvalue weighted by Crippen LogP contribution is 2.32. The molecule has 4 nitrogen and oxygen atoms in total. The van der Waals surface area contributed by atoms with Crippen LogP contribution in [0, 0.1) is 0 Å². The first kappa shape index (κ1) is 20.3. The van der Waals surface area contributed by atoms with Crippen molar-refractivity contribution in [3.05, 3.63) is 17.7 Å². The molecule has 0 unspecified atom stereocenters. The first-order chi connectivity index (χ1) is 11.6. The summed E-state index contributed by atoms with van der Waals surface area (Å²) in [6.07, 6.45) is 9.11. The van der Waals surface area contributed by atoms with Gasteiger partial charge in [0.2, 0.25) is 0 Å². The maximum absolute atomic E-state index is 11.8. The standard InChI is InChI=1S/C20H33NO3/c1-4-6-8-10-12-23-19-15-20(24-13-11-9-7-5-2)18(21)14-17(19)16(3)22/h14-15H,4-13,21H2,1-3H3. The van der Waals surface area contributed by atoms with Crippen molar-refractivity contribution < 1.29 is 14.3 Å². The number of anilines is 1. The highest BCUT2D eigenvalue weighted by Gasteiger charge is 2.14. The minimum absolute atomic E-state index is 0.0419. The van der Waals surface area contributed by atoms with Crippen LogP contribution in [0.5, 0.6) is 11.5 Å². The molecule has 0 saturated carbocycles. The molecule has 1 aromatic carbocycles. The number of hydrogen-bond acceptors (Lipinski definition) is 4. The van der Waals surface area contributed by atoms with Gasteiger partial charge in [-0.05, 0) is 25.8 Å². The molecule has 24 heavy (non-hydrogen) atoms. The summed E-state index contributed by atoms with van der Waals surface area (Å²) in [5, 5.41) is 0. The molecular weight excluding hydrogens is 302 g/mol. The van der Waals surface area contributed by atoms with Crippen molar-refractivity contribution in [3.63, 3.8) is 0 Å². The van der Waals surface area contributed by atoms with Gasteiger partial charge in [0.15, 0.2) is 5.78 Å². The van der Waals surface area contributed by atoms with Crippen LogP contribution < -0.4 is 15.2 Å². The van der Waals surface area contributed by atoms with Gasteiger partial charge in [-0.1, -0.05) is 52.4 Å². The van der Waals surface area contributed by atoms with E-state index in [-0.39, 0.29) is 5.78 Å². The van der Waals surface area contributed by atoms with E-state index >= 15 is 0 Å². The fourth-order valence-electron chi connectivity index (χ4n) is 2.52. The molecule has 0 aliphatic carbocycles. The van der Waals surface area contributed by atoms with E-state index in [0.29, 0.717) is 36.0 Å². The zero-order valence-corrected chi connectivity index (χ0v) is 15.5. The molecule has 0 aliphatic rings. The van der Waals surface area contributed by atoms with Crippen molar-refractivity contribution in [2.24, 2.45) is 0 Å². The Labute approximate surface area is 146 Å². The summed E-state index contributed by atoms with van der Waals surface area (Å²) in [4.78, 5) is 11.8. The van der Waals surface area contributed by atoms with Crippen LogP contribution in [0.25, 0.3) is 0 Å². The van der Waals surface area contributed by atoms with Crippen molar-refractivity contribution in [2.45, 2.75) is 72.1 Å². The molecule has 0 spiro atoms. The second-order valence-electron chi connectivity index (χ2n) is 6.26. The number of benzene rings is 1. The number of Topliss-reactive ketones (excluding diaryl/α,β-unsaturated/α-hetero) is 1. The minimum atomic E-state index is -0.0419. The molecule has 0 heterocycles. The topological polar surface area (TPSA) is 61.5 Å². The van der Waals surface area contributed by atoms with Gasteiger partial charge in [0, 0.05) is 6.07 Å². The van der Waals surface area contributed by atoms with E-state index in [1.165, 1.54) is 32.6 Å². The predicted octanol–water partition coefficient (Wildman–Crippen LogP) is 5.39. The van der Waals surface area contributed by atoms with E-state index in [9.17, 15) is 4.79 Å².